The van der Waals surface area contributed by atoms with Crippen molar-refractivity contribution in [1.29, 1.82) is 0 Å². The molecule has 1 unspecified atom stereocenters. The summed E-state index contributed by atoms with van der Waals surface area (Å²) in [5.41, 5.74) is 0. The first-order valence-electron chi connectivity index (χ1n) is 26.8. The van der Waals surface area contributed by atoms with Gasteiger partial charge in [-0.1, -0.05) is 208 Å². The molecule has 0 spiro atoms. The van der Waals surface area contributed by atoms with Crippen molar-refractivity contribution < 1.29 is 28.6 Å². The van der Waals surface area contributed by atoms with Crippen LogP contribution in [0.25, 0.3) is 0 Å². The van der Waals surface area contributed by atoms with E-state index in [0.29, 0.717) is 12.8 Å². The van der Waals surface area contributed by atoms with Crippen molar-refractivity contribution in [3.05, 3.63) is 97.2 Å². The molecule has 0 aliphatic carbocycles. The van der Waals surface area contributed by atoms with Crippen LogP contribution >= 0.6 is 0 Å². The molecular weight excluding hydrogens is 805 g/mol. The molecule has 0 radical (unpaired) electrons. The van der Waals surface area contributed by atoms with Gasteiger partial charge < -0.3 is 14.2 Å². The smallest absolute Gasteiger partial charge is 0.306 e. The van der Waals surface area contributed by atoms with Crippen LogP contribution in [0.3, 0.4) is 0 Å². The molecule has 370 valence electrons. The molecule has 0 aromatic heterocycles. The van der Waals surface area contributed by atoms with Crippen molar-refractivity contribution in [3.63, 3.8) is 0 Å². The second-order valence-electron chi connectivity index (χ2n) is 17.4. The molecule has 0 fully saturated rings. The van der Waals surface area contributed by atoms with Crippen LogP contribution < -0.4 is 0 Å². The van der Waals surface area contributed by atoms with Crippen molar-refractivity contribution in [2.75, 3.05) is 13.2 Å². The number of unbranched alkanes of at least 4 members (excludes halogenated alkanes) is 21. The molecule has 6 heteroatoms. The van der Waals surface area contributed by atoms with Gasteiger partial charge in [-0.25, -0.2) is 0 Å². The minimum absolute atomic E-state index is 0.115. The standard InChI is InChI=1S/C59H98O6/c1-4-7-10-13-16-19-22-25-28-30-32-34-37-40-43-46-49-52-58(61)64-55-56(54-63-57(60)51-48-45-42-39-36-33-27-24-21-18-15-12-9-6-3)65-59(62)53-50-47-44-41-38-35-31-29-26-23-20-17-14-11-8-5-2/h7,10,16,19,25,28-29,31-36,38,40,43,56H,4-6,8-9,11-15,17-18,20-24,26-27,30,37,39,41-42,44-55H2,1-3H3/b10-7-,19-16-,28-25-,31-29-,34-32-,36-33-,38-35-,43-40-. The van der Waals surface area contributed by atoms with Gasteiger partial charge in [0.2, 0.25) is 0 Å². The molecule has 0 aromatic rings. The van der Waals surface area contributed by atoms with E-state index in [-0.39, 0.29) is 44.0 Å². The van der Waals surface area contributed by atoms with E-state index in [0.717, 1.165) is 103 Å². The van der Waals surface area contributed by atoms with Gasteiger partial charge in [-0.3, -0.25) is 14.4 Å². The summed E-state index contributed by atoms with van der Waals surface area (Å²) < 4.78 is 16.7. The van der Waals surface area contributed by atoms with Gasteiger partial charge in [-0.05, 0) is 109 Å². The number of hydrogen-bond donors (Lipinski definition) is 0. The van der Waals surface area contributed by atoms with Crippen LogP contribution in [-0.4, -0.2) is 37.2 Å². The Morgan fingerprint density at radius 3 is 1.11 bits per heavy atom. The fourth-order valence-corrected chi connectivity index (χ4v) is 7.05. The lowest BCUT2D eigenvalue weighted by Gasteiger charge is -2.18. The molecule has 0 amide bonds. The van der Waals surface area contributed by atoms with Gasteiger partial charge in [0.15, 0.2) is 6.10 Å². The van der Waals surface area contributed by atoms with Crippen molar-refractivity contribution in [2.45, 2.75) is 245 Å². The van der Waals surface area contributed by atoms with Crippen molar-refractivity contribution in [3.8, 4) is 0 Å². The fraction of sp³-hybridized carbons (Fsp3) is 0.678. The number of carbonyl (C=O) groups is 3. The highest BCUT2D eigenvalue weighted by atomic mass is 16.6. The predicted octanol–water partition coefficient (Wildman–Crippen LogP) is 17.8. The summed E-state index contributed by atoms with van der Waals surface area (Å²) in [5, 5.41) is 0. The summed E-state index contributed by atoms with van der Waals surface area (Å²) in [6.45, 7) is 6.42. The molecule has 0 aliphatic heterocycles. The number of carbonyl (C=O) groups excluding carboxylic acids is 3. The maximum atomic E-state index is 12.8. The normalized spacial score (nSPS) is 12.8. The number of esters is 3. The molecule has 0 saturated heterocycles. The quantitative estimate of drug-likeness (QED) is 0.0199. The van der Waals surface area contributed by atoms with E-state index in [2.05, 4.69) is 118 Å². The average Bonchev–Trinajstić information content (AvgIpc) is 3.30. The highest BCUT2D eigenvalue weighted by Gasteiger charge is 2.19. The van der Waals surface area contributed by atoms with Crippen LogP contribution in [0, 0.1) is 0 Å². The van der Waals surface area contributed by atoms with Crippen LogP contribution in [0.4, 0.5) is 0 Å². The van der Waals surface area contributed by atoms with E-state index >= 15 is 0 Å². The van der Waals surface area contributed by atoms with Crippen molar-refractivity contribution in [2.24, 2.45) is 0 Å². The minimum Gasteiger partial charge on any atom is -0.462 e. The third-order valence-electron chi connectivity index (χ3n) is 11.1. The van der Waals surface area contributed by atoms with E-state index in [1.807, 2.05) is 0 Å². The Bertz CT molecular complexity index is 1310. The predicted molar refractivity (Wildman–Crippen MR) is 279 cm³/mol. The van der Waals surface area contributed by atoms with Gasteiger partial charge >= 0.3 is 17.9 Å². The Balaban J connectivity index is 4.55. The number of ether oxygens (including phenoxy) is 3. The molecule has 1 atom stereocenters. The molecule has 0 saturated carbocycles. The Kier molecular flexibility index (Phi) is 50.0. The third kappa shape index (κ3) is 51.2. The number of allylic oxidation sites excluding steroid dienone is 16. The largest absolute Gasteiger partial charge is 0.462 e. The van der Waals surface area contributed by atoms with Crippen LogP contribution in [0.2, 0.25) is 0 Å². The van der Waals surface area contributed by atoms with Gasteiger partial charge in [0.1, 0.15) is 13.2 Å². The molecule has 0 aliphatic rings. The second kappa shape index (κ2) is 52.9. The van der Waals surface area contributed by atoms with Crippen LogP contribution in [0.15, 0.2) is 97.2 Å². The SMILES string of the molecule is CC/C=C\C/C=C\C/C=C\C/C=C\C/C=C\CCCC(=O)OCC(COC(=O)CCCCC/C=C\CCCCCCCCC)OC(=O)CCCCC/C=C\C=C/CCCCCCCCC. The lowest BCUT2D eigenvalue weighted by molar-refractivity contribution is -0.167. The summed E-state index contributed by atoms with van der Waals surface area (Å²) in [4.78, 5) is 38.0. The summed E-state index contributed by atoms with van der Waals surface area (Å²) in [6, 6.07) is 0. The van der Waals surface area contributed by atoms with Gasteiger partial charge in [-0.2, -0.15) is 0 Å². The molecule has 0 aromatic carbocycles. The topological polar surface area (TPSA) is 78.9 Å². The van der Waals surface area contributed by atoms with E-state index in [9.17, 15) is 14.4 Å². The lowest BCUT2D eigenvalue weighted by atomic mass is 10.1. The Morgan fingerprint density at radius 2 is 0.662 bits per heavy atom. The van der Waals surface area contributed by atoms with E-state index in [4.69, 9.17) is 14.2 Å². The Labute approximate surface area is 400 Å². The maximum absolute atomic E-state index is 12.8. The van der Waals surface area contributed by atoms with Gasteiger partial charge in [-0.15, -0.1) is 0 Å². The van der Waals surface area contributed by atoms with Gasteiger partial charge in [0.05, 0.1) is 0 Å². The number of rotatable bonds is 47. The molecule has 0 N–H and O–H groups in total. The monoisotopic (exact) mass is 903 g/mol. The highest BCUT2D eigenvalue weighted by Crippen LogP contribution is 2.13. The van der Waals surface area contributed by atoms with Crippen LogP contribution in [0.1, 0.15) is 239 Å². The first kappa shape index (κ1) is 61.3. The molecule has 0 bridgehead atoms. The first-order chi connectivity index (χ1) is 32.0. The molecular formula is C59H98O6. The Hall–Kier alpha value is -3.67. The first-order valence-corrected chi connectivity index (χ1v) is 26.8. The van der Waals surface area contributed by atoms with E-state index < -0.39 is 6.10 Å². The molecule has 0 rings (SSSR count). The maximum Gasteiger partial charge on any atom is 0.306 e. The summed E-state index contributed by atoms with van der Waals surface area (Å²) in [6.07, 6.45) is 69.7. The highest BCUT2D eigenvalue weighted by molar-refractivity contribution is 5.71. The minimum atomic E-state index is -0.821. The van der Waals surface area contributed by atoms with E-state index in [1.54, 1.807) is 0 Å². The fourth-order valence-electron chi connectivity index (χ4n) is 7.05. The van der Waals surface area contributed by atoms with Crippen LogP contribution in [0.5, 0.6) is 0 Å². The summed E-state index contributed by atoms with van der Waals surface area (Å²) >= 11 is 0. The van der Waals surface area contributed by atoms with E-state index in [1.165, 1.54) is 89.9 Å². The lowest BCUT2D eigenvalue weighted by Crippen LogP contribution is -2.30. The number of hydrogen-bond acceptors (Lipinski definition) is 6. The van der Waals surface area contributed by atoms with Crippen molar-refractivity contribution >= 4 is 17.9 Å². The Morgan fingerprint density at radius 1 is 0.338 bits per heavy atom. The molecule has 65 heavy (non-hydrogen) atoms. The summed E-state index contributed by atoms with van der Waals surface area (Å²) in [7, 11) is 0. The molecule has 0 heterocycles. The van der Waals surface area contributed by atoms with Gasteiger partial charge in [0, 0.05) is 19.3 Å². The molecule has 6 nitrogen and oxygen atoms in total. The average molecular weight is 903 g/mol. The zero-order chi connectivity index (χ0) is 47.2. The van der Waals surface area contributed by atoms with Gasteiger partial charge in [0.25, 0.3) is 0 Å². The third-order valence-corrected chi connectivity index (χ3v) is 11.1. The summed E-state index contributed by atoms with van der Waals surface area (Å²) in [5.74, 6) is -1.02. The zero-order valence-corrected chi connectivity index (χ0v) is 42.2. The van der Waals surface area contributed by atoms with Crippen molar-refractivity contribution in [1.82, 2.24) is 0 Å². The second-order valence-corrected chi connectivity index (χ2v) is 17.4. The zero-order valence-electron chi connectivity index (χ0n) is 42.2. The van der Waals surface area contributed by atoms with Crippen LogP contribution in [-0.2, 0) is 28.6 Å².